The molecule has 0 amide bonds. The van der Waals surface area contributed by atoms with Gasteiger partial charge < -0.3 is 9.84 Å². The molecule has 4 saturated carbocycles. The maximum Gasteiger partial charge on any atom is 0.312 e. The summed E-state index contributed by atoms with van der Waals surface area (Å²) in [6.45, 7) is 17.1. The summed E-state index contributed by atoms with van der Waals surface area (Å²) in [6.07, 6.45) is 12.6. The minimum atomic E-state index is -0.293. The number of aliphatic hydroxyl groups excluding tert-OH is 1. The van der Waals surface area contributed by atoms with E-state index in [0.29, 0.717) is 17.8 Å². The van der Waals surface area contributed by atoms with E-state index in [0.717, 1.165) is 25.7 Å². The molecule has 3 heteroatoms. The minimum Gasteiger partial charge on any atom is -0.461 e. The summed E-state index contributed by atoms with van der Waals surface area (Å²) in [4.78, 5) is 12.8. The standard InChI is InChI=1S/C30H46O3/c1-25(2)20-10-13-30(7)21(28(20,5)12-11-22(25)31)9-8-18-19-16-26(3)17-23(33-24(26)32)27(19,4)14-15-29(18,30)6/h8,19-23,31H,9-17H2,1-7H3/t19-,20-,21+,22-,23-,26+,27+,28-,29+,30+/m0/s1. The Morgan fingerprint density at radius 3 is 2.33 bits per heavy atom. The van der Waals surface area contributed by atoms with Crippen molar-refractivity contribution >= 4 is 5.97 Å². The number of esters is 1. The Hall–Kier alpha value is -0.830. The smallest absolute Gasteiger partial charge is 0.312 e. The molecule has 0 aromatic heterocycles. The van der Waals surface area contributed by atoms with Crippen LogP contribution in [0.2, 0.25) is 0 Å². The van der Waals surface area contributed by atoms with E-state index < -0.39 is 0 Å². The van der Waals surface area contributed by atoms with Crippen LogP contribution in [0.15, 0.2) is 11.6 Å². The summed E-state index contributed by atoms with van der Waals surface area (Å²) in [5.74, 6) is 1.79. The molecular formula is C30H46O3. The molecule has 5 fully saturated rings. The number of carbonyl (C=O) groups excluding carboxylic acids is 1. The maximum absolute atomic E-state index is 12.8. The molecule has 184 valence electrons. The monoisotopic (exact) mass is 454 g/mol. The second kappa shape index (κ2) is 6.29. The third-order valence-corrected chi connectivity index (χ3v) is 13.6. The lowest BCUT2D eigenvalue weighted by molar-refractivity contribution is -0.204. The summed E-state index contributed by atoms with van der Waals surface area (Å²) in [5, 5.41) is 10.9. The highest BCUT2D eigenvalue weighted by Crippen LogP contribution is 2.76. The second-order valence-corrected chi connectivity index (χ2v) is 15.1. The van der Waals surface area contributed by atoms with Crippen molar-refractivity contribution < 1.29 is 14.6 Å². The van der Waals surface area contributed by atoms with Gasteiger partial charge in [-0.05, 0) is 97.7 Å². The average Bonchev–Trinajstić information content (AvgIpc) is 3.00. The summed E-state index contributed by atoms with van der Waals surface area (Å²) in [7, 11) is 0. The largest absolute Gasteiger partial charge is 0.461 e. The minimum absolute atomic E-state index is 0.000773. The fourth-order valence-electron chi connectivity index (χ4n) is 11.1. The fourth-order valence-corrected chi connectivity index (χ4v) is 11.1. The Kier molecular flexibility index (Phi) is 4.31. The molecular weight excluding hydrogens is 408 g/mol. The van der Waals surface area contributed by atoms with Crippen LogP contribution >= 0.6 is 0 Å². The number of rotatable bonds is 0. The molecule has 0 spiro atoms. The van der Waals surface area contributed by atoms with Crippen molar-refractivity contribution in [1.82, 2.24) is 0 Å². The van der Waals surface area contributed by atoms with Gasteiger partial charge in [-0.3, -0.25) is 4.79 Å². The summed E-state index contributed by atoms with van der Waals surface area (Å²) in [6, 6.07) is 0. The molecule has 6 rings (SSSR count). The highest BCUT2D eigenvalue weighted by molar-refractivity contribution is 5.79. The van der Waals surface area contributed by atoms with Gasteiger partial charge in [-0.15, -0.1) is 0 Å². The van der Waals surface area contributed by atoms with Crippen LogP contribution in [0.4, 0.5) is 0 Å². The Bertz CT molecular complexity index is 935. The van der Waals surface area contributed by atoms with Crippen molar-refractivity contribution in [1.29, 1.82) is 0 Å². The normalized spacial score (nSPS) is 58.8. The van der Waals surface area contributed by atoms with Crippen LogP contribution in [-0.2, 0) is 9.53 Å². The van der Waals surface area contributed by atoms with Crippen molar-refractivity contribution in [3.63, 3.8) is 0 Å². The lowest BCUT2D eigenvalue weighted by Gasteiger charge is -2.71. The van der Waals surface area contributed by atoms with E-state index in [-0.39, 0.29) is 50.7 Å². The Labute approximate surface area is 201 Å². The third kappa shape index (κ3) is 2.44. The van der Waals surface area contributed by atoms with Gasteiger partial charge in [0.2, 0.25) is 0 Å². The molecule has 1 saturated heterocycles. The molecule has 0 aromatic rings. The van der Waals surface area contributed by atoms with Crippen LogP contribution in [0.1, 0.15) is 106 Å². The predicted molar refractivity (Wildman–Crippen MR) is 130 cm³/mol. The molecule has 0 aromatic carbocycles. The van der Waals surface area contributed by atoms with Crippen molar-refractivity contribution in [2.24, 2.45) is 50.2 Å². The summed E-state index contributed by atoms with van der Waals surface area (Å²) in [5.41, 5.74) is 2.25. The first-order valence-electron chi connectivity index (χ1n) is 13.8. The molecule has 1 N–H and O–H groups in total. The molecule has 6 aliphatic rings. The van der Waals surface area contributed by atoms with Gasteiger partial charge >= 0.3 is 5.97 Å². The van der Waals surface area contributed by atoms with E-state index in [4.69, 9.17) is 4.74 Å². The average molecular weight is 455 g/mol. The van der Waals surface area contributed by atoms with Gasteiger partial charge in [0.25, 0.3) is 0 Å². The van der Waals surface area contributed by atoms with Gasteiger partial charge in [0.15, 0.2) is 0 Å². The van der Waals surface area contributed by atoms with Crippen LogP contribution in [0.5, 0.6) is 0 Å². The predicted octanol–water partition coefficient (Wildman–Crippen LogP) is 6.68. The number of fused-ring (bicyclic) bond motifs is 10. The SMILES string of the molecule is CC1(C)[C@@H](O)CC[C@]2(C)[C@H]3CC=C4[C@@H]5C[C@]6(C)C[C@H](OC6=O)[C@]5(C)CC[C@@]4(C)[C@]3(C)CC[C@@H]12. The number of allylic oxidation sites excluding steroid dienone is 2. The van der Waals surface area contributed by atoms with E-state index >= 15 is 0 Å². The van der Waals surface area contributed by atoms with Crippen LogP contribution in [-0.4, -0.2) is 23.3 Å². The zero-order chi connectivity index (χ0) is 23.8. The number of aliphatic hydroxyl groups is 1. The van der Waals surface area contributed by atoms with Crippen molar-refractivity contribution in [3.8, 4) is 0 Å². The molecule has 1 heterocycles. The van der Waals surface area contributed by atoms with E-state index in [1.165, 1.54) is 32.1 Å². The van der Waals surface area contributed by atoms with Gasteiger partial charge in [0, 0.05) is 11.8 Å². The van der Waals surface area contributed by atoms with E-state index in [1.54, 1.807) is 5.57 Å². The summed E-state index contributed by atoms with van der Waals surface area (Å²) >= 11 is 0. The quantitative estimate of drug-likeness (QED) is 0.328. The number of ether oxygens (including phenoxy) is 1. The highest BCUT2D eigenvalue weighted by Gasteiger charge is 2.70. The third-order valence-electron chi connectivity index (χ3n) is 13.6. The van der Waals surface area contributed by atoms with Crippen LogP contribution in [0.25, 0.3) is 0 Å². The van der Waals surface area contributed by atoms with Gasteiger partial charge in [-0.1, -0.05) is 53.2 Å². The molecule has 33 heavy (non-hydrogen) atoms. The van der Waals surface area contributed by atoms with Crippen LogP contribution in [0, 0.1) is 50.2 Å². The maximum atomic E-state index is 12.8. The van der Waals surface area contributed by atoms with Crippen LogP contribution < -0.4 is 0 Å². The Morgan fingerprint density at radius 1 is 0.879 bits per heavy atom. The first-order chi connectivity index (χ1) is 15.2. The van der Waals surface area contributed by atoms with E-state index in [2.05, 4.69) is 54.5 Å². The second-order valence-electron chi connectivity index (χ2n) is 15.1. The summed E-state index contributed by atoms with van der Waals surface area (Å²) < 4.78 is 6.03. The van der Waals surface area contributed by atoms with Gasteiger partial charge in [-0.2, -0.15) is 0 Å². The Balaban J connectivity index is 1.43. The van der Waals surface area contributed by atoms with Gasteiger partial charge in [0.1, 0.15) is 6.10 Å². The first-order valence-corrected chi connectivity index (χ1v) is 13.8. The molecule has 1 aliphatic heterocycles. The zero-order valence-corrected chi connectivity index (χ0v) is 22.1. The number of carbonyl (C=O) groups is 1. The van der Waals surface area contributed by atoms with Crippen molar-refractivity contribution in [2.75, 3.05) is 0 Å². The fraction of sp³-hybridized carbons (Fsp3) is 0.900. The van der Waals surface area contributed by atoms with Gasteiger partial charge in [-0.25, -0.2) is 0 Å². The van der Waals surface area contributed by atoms with E-state index in [1.807, 2.05) is 0 Å². The number of hydrogen-bond acceptors (Lipinski definition) is 3. The molecule has 10 atom stereocenters. The zero-order valence-electron chi connectivity index (χ0n) is 22.1. The molecule has 0 unspecified atom stereocenters. The van der Waals surface area contributed by atoms with Crippen LogP contribution in [0.3, 0.4) is 0 Å². The Morgan fingerprint density at radius 2 is 1.61 bits per heavy atom. The lowest BCUT2D eigenvalue weighted by atomic mass is 9.33. The van der Waals surface area contributed by atoms with Crippen molar-refractivity contribution in [3.05, 3.63) is 11.6 Å². The molecule has 2 bridgehead atoms. The first kappa shape index (κ1) is 22.6. The van der Waals surface area contributed by atoms with E-state index in [9.17, 15) is 9.90 Å². The van der Waals surface area contributed by atoms with Gasteiger partial charge in [0.05, 0.1) is 11.5 Å². The van der Waals surface area contributed by atoms with Crippen molar-refractivity contribution in [2.45, 2.75) is 118 Å². The highest BCUT2D eigenvalue weighted by atomic mass is 16.6. The lowest BCUT2D eigenvalue weighted by Crippen LogP contribution is -2.65. The molecule has 5 aliphatic carbocycles. The molecule has 0 radical (unpaired) electrons. The molecule has 3 nitrogen and oxygen atoms in total. The number of hydrogen-bond donors (Lipinski definition) is 1. The topological polar surface area (TPSA) is 46.5 Å².